The average molecular weight is 467 g/mol. The number of hydrogen-bond donors (Lipinski definition) is 1. The Balaban J connectivity index is 1.77. The molecule has 184 valence electrons. The van der Waals surface area contributed by atoms with Crippen LogP contribution >= 0.6 is 0 Å². The summed E-state index contributed by atoms with van der Waals surface area (Å²) in [7, 11) is 1.34. The summed E-state index contributed by atoms with van der Waals surface area (Å²) in [5, 5.41) is 5.46. The van der Waals surface area contributed by atoms with Crippen LogP contribution in [0.4, 0.5) is 0 Å². The van der Waals surface area contributed by atoms with Gasteiger partial charge in [0.15, 0.2) is 0 Å². The van der Waals surface area contributed by atoms with Gasteiger partial charge in [-0.2, -0.15) is 5.06 Å². The maximum Gasteiger partial charge on any atom is 0.337 e. The van der Waals surface area contributed by atoms with Gasteiger partial charge < -0.3 is 10.1 Å². The minimum Gasteiger partial charge on any atom is -0.465 e. The summed E-state index contributed by atoms with van der Waals surface area (Å²) in [5.74, 6) is -0.549. The van der Waals surface area contributed by atoms with E-state index in [1.807, 2.05) is 18.2 Å². The van der Waals surface area contributed by atoms with Crippen molar-refractivity contribution in [2.24, 2.45) is 0 Å². The molecule has 2 aromatic carbocycles. The highest BCUT2D eigenvalue weighted by Gasteiger charge is 2.50. The molecule has 0 aromatic heterocycles. The minimum absolute atomic E-state index is 0.00886. The molecule has 6 heteroatoms. The van der Waals surface area contributed by atoms with Crippen molar-refractivity contribution in [2.45, 2.75) is 83.5 Å². The molecule has 3 rings (SSSR count). The van der Waals surface area contributed by atoms with Gasteiger partial charge in [-0.05, 0) is 76.3 Å². The Hall–Kier alpha value is -2.70. The van der Waals surface area contributed by atoms with E-state index in [1.54, 1.807) is 24.3 Å². The standard InChI is InChI=1S/C28H38N2O4/c1-7-28(8-2)19-24(29-25(31)22-14-16-23(17-15-22)26(32)33-6)18-27(4,5)30(28)34-20(3)21-12-10-9-11-13-21/h9-17,20,24H,7-8,18-19H2,1-6H3,(H,29,31). The normalized spacial score (nSPS) is 20.4. The number of esters is 1. The molecule has 1 amide bonds. The van der Waals surface area contributed by atoms with Crippen LogP contribution in [0, 0.1) is 0 Å². The topological polar surface area (TPSA) is 67.9 Å². The number of nitrogens with zero attached hydrogens (tertiary/aromatic N) is 1. The average Bonchev–Trinajstić information content (AvgIpc) is 2.85. The first-order valence-electron chi connectivity index (χ1n) is 12.2. The number of rotatable bonds is 8. The van der Waals surface area contributed by atoms with Crippen LogP contribution in [0.3, 0.4) is 0 Å². The fourth-order valence-electron chi connectivity index (χ4n) is 5.21. The summed E-state index contributed by atoms with van der Waals surface area (Å²) >= 11 is 0. The number of methoxy groups -OCH3 is 1. The summed E-state index contributed by atoms with van der Waals surface area (Å²) in [6.07, 6.45) is 3.32. The molecule has 34 heavy (non-hydrogen) atoms. The van der Waals surface area contributed by atoms with Crippen molar-refractivity contribution in [2.75, 3.05) is 7.11 Å². The predicted octanol–water partition coefficient (Wildman–Crippen LogP) is 5.70. The molecular formula is C28H38N2O4. The first kappa shape index (κ1) is 25.9. The quantitative estimate of drug-likeness (QED) is 0.506. The van der Waals surface area contributed by atoms with Gasteiger partial charge in [0.2, 0.25) is 0 Å². The van der Waals surface area contributed by atoms with Crippen LogP contribution in [0.15, 0.2) is 54.6 Å². The molecule has 1 saturated heterocycles. The predicted molar refractivity (Wildman–Crippen MR) is 133 cm³/mol. The summed E-state index contributed by atoms with van der Waals surface area (Å²) in [6.45, 7) is 10.9. The number of ether oxygens (including phenoxy) is 1. The van der Waals surface area contributed by atoms with Crippen molar-refractivity contribution in [3.05, 3.63) is 71.3 Å². The molecule has 1 aliphatic heterocycles. The number of amides is 1. The number of hydrogen-bond acceptors (Lipinski definition) is 5. The number of benzene rings is 2. The summed E-state index contributed by atoms with van der Waals surface area (Å²) in [4.78, 5) is 31.4. The van der Waals surface area contributed by atoms with E-state index in [4.69, 9.17) is 9.57 Å². The molecular weight excluding hydrogens is 428 g/mol. The smallest absolute Gasteiger partial charge is 0.337 e. The molecule has 1 heterocycles. The lowest BCUT2D eigenvalue weighted by Crippen LogP contribution is -2.66. The van der Waals surface area contributed by atoms with Gasteiger partial charge in [-0.3, -0.25) is 9.63 Å². The molecule has 0 aliphatic carbocycles. The van der Waals surface area contributed by atoms with E-state index in [9.17, 15) is 9.59 Å². The van der Waals surface area contributed by atoms with Crippen LogP contribution in [0.1, 0.15) is 92.7 Å². The Kier molecular flexibility index (Phi) is 8.16. The summed E-state index contributed by atoms with van der Waals surface area (Å²) < 4.78 is 4.74. The third-order valence-electron chi connectivity index (χ3n) is 7.11. The van der Waals surface area contributed by atoms with Gasteiger partial charge in [-0.15, -0.1) is 0 Å². The first-order valence-corrected chi connectivity index (χ1v) is 12.2. The Morgan fingerprint density at radius 3 is 2.15 bits per heavy atom. The van der Waals surface area contributed by atoms with Gasteiger partial charge in [-0.1, -0.05) is 44.2 Å². The second-order valence-electron chi connectivity index (χ2n) is 9.84. The molecule has 0 radical (unpaired) electrons. The zero-order valence-corrected chi connectivity index (χ0v) is 21.3. The van der Waals surface area contributed by atoms with E-state index < -0.39 is 5.97 Å². The van der Waals surface area contributed by atoms with Gasteiger partial charge in [-0.25, -0.2) is 4.79 Å². The molecule has 0 saturated carbocycles. The van der Waals surface area contributed by atoms with E-state index in [-0.39, 0.29) is 29.1 Å². The van der Waals surface area contributed by atoms with E-state index in [2.05, 4.69) is 57.1 Å². The van der Waals surface area contributed by atoms with Crippen molar-refractivity contribution in [1.29, 1.82) is 0 Å². The lowest BCUT2D eigenvalue weighted by atomic mass is 9.74. The van der Waals surface area contributed by atoms with Gasteiger partial charge in [0, 0.05) is 22.7 Å². The SMILES string of the molecule is CCC1(CC)CC(NC(=O)c2ccc(C(=O)OC)cc2)CC(C)(C)N1OC(C)c1ccccc1. The van der Waals surface area contributed by atoms with Crippen LogP contribution in [0.5, 0.6) is 0 Å². The second kappa shape index (κ2) is 10.7. The van der Waals surface area contributed by atoms with E-state index in [0.717, 1.165) is 31.2 Å². The molecule has 1 fully saturated rings. The van der Waals surface area contributed by atoms with Crippen LogP contribution in [0.25, 0.3) is 0 Å². The minimum atomic E-state index is -0.415. The number of piperidine rings is 1. The van der Waals surface area contributed by atoms with Crippen LogP contribution < -0.4 is 5.32 Å². The second-order valence-corrected chi connectivity index (χ2v) is 9.84. The maximum absolute atomic E-state index is 13.0. The van der Waals surface area contributed by atoms with Crippen molar-refractivity contribution >= 4 is 11.9 Å². The highest BCUT2D eigenvalue weighted by atomic mass is 16.7. The molecule has 0 spiro atoms. The van der Waals surface area contributed by atoms with E-state index in [1.165, 1.54) is 7.11 Å². The van der Waals surface area contributed by atoms with Crippen LogP contribution in [0.2, 0.25) is 0 Å². The third-order valence-corrected chi connectivity index (χ3v) is 7.11. The number of carbonyl (C=O) groups is 2. The molecule has 1 aliphatic rings. The highest BCUT2D eigenvalue weighted by molar-refractivity contribution is 5.96. The molecule has 2 aromatic rings. The Bertz CT molecular complexity index is 968. The fraction of sp³-hybridized carbons (Fsp3) is 0.500. The third kappa shape index (κ3) is 5.50. The van der Waals surface area contributed by atoms with Crippen LogP contribution in [-0.2, 0) is 9.57 Å². The lowest BCUT2D eigenvalue weighted by molar-refractivity contribution is -0.316. The molecule has 0 bridgehead atoms. The monoisotopic (exact) mass is 466 g/mol. The van der Waals surface area contributed by atoms with Crippen molar-refractivity contribution < 1.29 is 19.2 Å². The number of carbonyl (C=O) groups excluding carboxylic acids is 2. The van der Waals surface area contributed by atoms with E-state index >= 15 is 0 Å². The number of nitrogens with one attached hydrogen (secondary N) is 1. The van der Waals surface area contributed by atoms with Gasteiger partial charge in [0.1, 0.15) is 6.10 Å². The fourth-order valence-corrected chi connectivity index (χ4v) is 5.21. The van der Waals surface area contributed by atoms with Crippen molar-refractivity contribution in [3.63, 3.8) is 0 Å². The zero-order chi connectivity index (χ0) is 24.9. The highest BCUT2D eigenvalue weighted by Crippen LogP contribution is 2.44. The molecule has 2 unspecified atom stereocenters. The van der Waals surface area contributed by atoms with Gasteiger partial charge >= 0.3 is 5.97 Å². The van der Waals surface area contributed by atoms with Gasteiger partial charge in [0.25, 0.3) is 5.91 Å². The molecule has 6 nitrogen and oxygen atoms in total. The van der Waals surface area contributed by atoms with Gasteiger partial charge in [0.05, 0.1) is 12.7 Å². The maximum atomic E-state index is 13.0. The van der Waals surface area contributed by atoms with Crippen LogP contribution in [-0.4, -0.2) is 41.2 Å². The molecule has 1 N–H and O–H groups in total. The molecule has 2 atom stereocenters. The van der Waals surface area contributed by atoms with Crippen molar-refractivity contribution in [3.8, 4) is 0 Å². The van der Waals surface area contributed by atoms with E-state index in [0.29, 0.717) is 11.1 Å². The van der Waals surface area contributed by atoms with Crippen molar-refractivity contribution in [1.82, 2.24) is 10.4 Å². The largest absolute Gasteiger partial charge is 0.465 e. The Morgan fingerprint density at radius 2 is 1.59 bits per heavy atom. The Labute approximate surface area is 203 Å². The first-order chi connectivity index (χ1) is 16.2. The number of hydroxylamine groups is 2. The lowest BCUT2D eigenvalue weighted by Gasteiger charge is -2.57. The zero-order valence-electron chi connectivity index (χ0n) is 21.3. The Morgan fingerprint density at radius 1 is 1.00 bits per heavy atom. The summed E-state index contributed by atoms with van der Waals surface area (Å²) in [6, 6.07) is 16.8. The summed E-state index contributed by atoms with van der Waals surface area (Å²) in [5.41, 5.74) is 1.62.